The van der Waals surface area contributed by atoms with E-state index in [9.17, 15) is 14.9 Å². The van der Waals surface area contributed by atoms with Crippen LogP contribution >= 0.6 is 8.53 Å². The first-order chi connectivity index (χ1) is 21.2. The maximum absolute atomic E-state index is 12.9. The fraction of sp³-hybridized carbons (Fsp3) is 0.469. The number of ether oxygens (including phenoxy) is 2. The zero-order chi connectivity index (χ0) is 31.6. The van der Waals surface area contributed by atoms with Crippen molar-refractivity contribution in [3.63, 3.8) is 0 Å². The number of nitrogens with zero attached hydrogens (tertiary/aromatic N) is 3. The molecule has 0 radical (unpaired) electrons. The number of hydrogen-bond acceptors (Lipinski definition) is 8. The summed E-state index contributed by atoms with van der Waals surface area (Å²) in [4.78, 5) is 26.9. The van der Waals surface area contributed by atoms with Crippen LogP contribution in [0.1, 0.15) is 57.6 Å². The molecule has 1 aliphatic rings. The second-order valence-corrected chi connectivity index (χ2v) is 14.5. The molecule has 236 valence electrons. The molecule has 12 heteroatoms. The van der Waals surface area contributed by atoms with Gasteiger partial charge >= 0.3 is 267 Å². The van der Waals surface area contributed by atoms with Crippen LogP contribution in [0, 0.1) is 11.3 Å². The molecule has 1 saturated heterocycles. The van der Waals surface area contributed by atoms with Gasteiger partial charge in [0.25, 0.3) is 0 Å². The Bertz CT molecular complexity index is 1420. The second-order valence-electron chi connectivity index (χ2n) is 10.9. The van der Waals surface area contributed by atoms with Gasteiger partial charge in [0.2, 0.25) is 0 Å². The van der Waals surface area contributed by atoms with Crippen LogP contribution in [0.2, 0.25) is 10.6 Å². The molecule has 1 unspecified atom stereocenters. The van der Waals surface area contributed by atoms with Crippen molar-refractivity contribution in [1.82, 2.24) is 14.2 Å². The summed E-state index contributed by atoms with van der Waals surface area (Å²) in [7, 11) is -1.59. The Morgan fingerprint density at radius 1 is 1.02 bits per heavy atom. The van der Waals surface area contributed by atoms with Crippen molar-refractivity contribution in [2.24, 2.45) is 0 Å². The maximum atomic E-state index is 12.9. The van der Waals surface area contributed by atoms with Crippen LogP contribution < -0.4 is 11.2 Å². The van der Waals surface area contributed by atoms with Crippen molar-refractivity contribution in [3.8, 4) is 6.07 Å². The fourth-order valence-corrected chi connectivity index (χ4v) is 9.21. The van der Waals surface area contributed by atoms with Crippen LogP contribution in [0.15, 0.2) is 82.5 Å². The number of nitriles is 1. The number of aromatic amines is 1. The van der Waals surface area contributed by atoms with E-state index in [4.69, 9.17) is 18.5 Å². The van der Waals surface area contributed by atoms with Crippen molar-refractivity contribution in [2.45, 2.75) is 81.4 Å². The van der Waals surface area contributed by atoms with Gasteiger partial charge in [-0.15, -0.1) is 0 Å². The molecule has 5 atom stereocenters. The monoisotopic (exact) mass is 688 g/mol. The van der Waals surface area contributed by atoms with Gasteiger partial charge in [-0.1, -0.05) is 0 Å². The number of hydrogen-bond donors (Lipinski definition) is 1. The molecule has 0 saturated carbocycles. The zero-order valence-corrected chi connectivity index (χ0v) is 28.3. The van der Waals surface area contributed by atoms with E-state index in [1.165, 1.54) is 16.8 Å². The van der Waals surface area contributed by atoms with Gasteiger partial charge < -0.3 is 0 Å². The fourth-order valence-electron chi connectivity index (χ4n) is 5.30. The van der Waals surface area contributed by atoms with Gasteiger partial charge in [-0.2, -0.15) is 0 Å². The molecule has 4 rings (SSSR count). The van der Waals surface area contributed by atoms with Crippen molar-refractivity contribution < 1.29 is 18.5 Å². The van der Waals surface area contributed by atoms with Crippen LogP contribution in [0.4, 0.5) is 0 Å². The summed E-state index contributed by atoms with van der Waals surface area (Å²) >= 11 is -0.0356. The molecular weight excluding hydrogens is 646 g/mol. The van der Waals surface area contributed by atoms with Crippen molar-refractivity contribution in [3.05, 3.63) is 105 Å². The molecule has 1 aromatic heterocycles. The summed E-state index contributed by atoms with van der Waals surface area (Å²) in [5.74, 6) is 2.09. The van der Waals surface area contributed by atoms with E-state index in [0.717, 1.165) is 11.1 Å². The van der Waals surface area contributed by atoms with Gasteiger partial charge in [0.1, 0.15) is 0 Å². The number of rotatable bonds is 15. The van der Waals surface area contributed by atoms with Crippen LogP contribution in [0.5, 0.6) is 0 Å². The van der Waals surface area contributed by atoms with Crippen LogP contribution in [-0.2, 0) is 18.5 Å². The molecule has 0 amide bonds. The Labute approximate surface area is 266 Å². The Hall–Kier alpha value is -2.64. The molecular formula is C32H41N4O6PSe. The summed E-state index contributed by atoms with van der Waals surface area (Å²) < 4.78 is 30.0. The van der Waals surface area contributed by atoms with Gasteiger partial charge in [0.15, 0.2) is 0 Å². The molecule has 0 bridgehead atoms. The van der Waals surface area contributed by atoms with Gasteiger partial charge in [-0.25, -0.2) is 0 Å². The van der Waals surface area contributed by atoms with Crippen LogP contribution in [-0.4, -0.2) is 66.7 Å². The number of H-pyrrole nitrogens is 1. The van der Waals surface area contributed by atoms with Gasteiger partial charge in [0, 0.05) is 0 Å². The Kier molecular flexibility index (Phi) is 12.9. The summed E-state index contributed by atoms with van der Waals surface area (Å²) in [5.41, 5.74) is 1.00. The summed E-state index contributed by atoms with van der Waals surface area (Å²) in [6.45, 7) is 8.78. The van der Waals surface area contributed by atoms with E-state index >= 15 is 0 Å². The molecule has 0 spiro atoms. The van der Waals surface area contributed by atoms with Crippen molar-refractivity contribution in [2.75, 3.05) is 13.2 Å². The number of benzene rings is 2. The van der Waals surface area contributed by atoms with Crippen LogP contribution in [0.25, 0.3) is 0 Å². The molecule has 1 N–H and O–H groups in total. The molecule has 2 aromatic carbocycles. The molecule has 1 aliphatic heterocycles. The number of nitrogens with one attached hydrogen (secondary N) is 1. The molecule has 1 fully saturated rings. The predicted octanol–water partition coefficient (Wildman–Crippen LogP) is 5.44. The normalized spacial score (nSPS) is 20.9. The third-order valence-corrected chi connectivity index (χ3v) is 11.5. The molecule has 3 aromatic rings. The van der Waals surface area contributed by atoms with E-state index in [2.05, 4.69) is 49.2 Å². The first kappa shape index (κ1) is 34.2. The van der Waals surface area contributed by atoms with E-state index in [-0.39, 0.29) is 57.6 Å². The minimum atomic E-state index is -1.59. The Morgan fingerprint density at radius 2 is 1.64 bits per heavy atom. The molecule has 10 nitrogen and oxygen atoms in total. The average Bonchev–Trinajstić information content (AvgIpc) is 3.34. The van der Waals surface area contributed by atoms with E-state index in [1.54, 1.807) is 0 Å². The van der Waals surface area contributed by atoms with E-state index < -0.39 is 38.2 Å². The van der Waals surface area contributed by atoms with Crippen molar-refractivity contribution >= 4 is 23.5 Å². The molecule has 2 heterocycles. The van der Waals surface area contributed by atoms with Crippen LogP contribution in [0.3, 0.4) is 0 Å². The first-order valence-corrected chi connectivity index (χ1v) is 18.5. The second kappa shape index (κ2) is 16.6. The number of aromatic nitrogens is 2. The average molecular weight is 688 g/mol. The third-order valence-electron chi connectivity index (χ3n) is 7.19. The standard InChI is InChI=1S/C32H41N4O6PSe/c1-22(2)36(23(3)4)43(40-20-12-18-33)42-29-26(41-31(30(29)44-5)35-19-17-27(37)34-32(35)38)21-39-28(24-13-8-6-9-14-24)25-15-10-7-11-16-25/h6-11,13-17,19,22-23,26,28-31H,12,20-21H2,1-5H3,(H,34,37,38)/t26-,29-,30-,31-,43?/m1/s1. The summed E-state index contributed by atoms with van der Waals surface area (Å²) in [6, 6.07) is 23.7. The zero-order valence-electron chi connectivity index (χ0n) is 25.7. The summed E-state index contributed by atoms with van der Waals surface area (Å²) in [5, 5.41) is 9.19. The SMILES string of the molecule is C[Se][C@@H]1[C@H](OP(OCCC#N)N(C(C)C)C(C)C)[C@@H](COC(c2ccccc2)c2ccccc2)O[C@H]1n1ccc(=O)[nH]c1=O. The topological polar surface area (TPSA) is 119 Å². The van der Waals surface area contributed by atoms with Crippen molar-refractivity contribution in [1.29, 1.82) is 5.26 Å². The minimum absolute atomic E-state index is 0.0356. The Balaban J connectivity index is 1.70. The summed E-state index contributed by atoms with van der Waals surface area (Å²) in [6.07, 6.45) is -0.333. The van der Waals surface area contributed by atoms with Gasteiger partial charge in [-0.05, 0) is 0 Å². The predicted molar refractivity (Wildman–Crippen MR) is 171 cm³/mol. The quantitative estimate of drug-likeness (QED) is 0.128. The van der Waals surface area contributed by atoms with E-state index in [0.29, 0.717) is 0 Å². The molecule has 44 heavy (non-hydrogen) atoms. The third kappa shape index (κ3) is 8.54. The first-order valence-electron chi connectivity index (χ1n) is 14.7. The van der Waals surface area contributed by atoms with Gasteiger partial charge in [0.05, 0.1) is 0 Å². The van der Waals surface area contributed by atoms with E-state index in [1.807, 2.05) is 60.7 Å². The Morgan fingerprint density at radius 3 is 2.16 bits per heavy atom. The van der Waals surface area contributed by atoms with Gasteiger partial charge in [-0.3, -0.25) is 0 Å². The molecule has 0 aliphatic carbocycles.